The molecule has 1 aromatic heterocycles. The molecule has 0 aliphatic rings. The van der Waals surface area contributed by atoms with Crippen LogP contribution in [0.4, 0.5) is 0 Å². The molecule has 0 radical (unpaired) electrons. The standard InChI is InChI=1S/C14H17N3O2/c1-18-13-6-11(12-7-16-9-17-8-12)5-10(3-4-15)14(13)19-2/h5-9H,3-4,15H2,1-2H3. The van der Waals surface area contributed by atoms with E-state index in [2.05, 4.69) is 9.97 Å². The van der Waals surface area contributed by atoms with Crippen LogP contribution in [-0.4, -0.2) is 30.7 Å². The van der Waals surface area contributed by atoms with Gasteiger partial charge in [-0.2, -0.15) is 0 Å². The number of rotatable bonds is 5. The summed E-state index contributed by atoms with van der Waals surface area (Å²) in [5.74, 6) is 1.42. The Kier molecular flexibility index (Phi) is 4.30. The van der Waals surface area contributed by atoms with E-state index in [1.54, 1.807) is 26.6 Å². The normalized spacial score (nSPS) is 10.3. The number of aromatic nitrogens is 2. The quantitative estimate of drug-likeness (QED) is 0.884. The number of methoxy groups -OCH3 is 2. The van der Waals surface area contributed by atoms with Crippen molar-refractivity contribution < 1.29 is 9.47 Å². The predicted octanol–water partition coefficient (Wildman–Crippen LogP) is 1.66. The summed E-state index contributed by atoms with van der Waals surface area (Å²) in [4.78, 5) is 8.05. The topological polar surface area (TPSA) is 70.3 Å². The average molecular weight is 259 g/mol. The zero-order chi connectivity index (χ0) is 13.7. The lowest BCUT2D eigenvalue weighted by atomic mass is 10.0. The van der Waals surface area contributed by atoms with Crippen LogP contribution in [0.15, 0.2) is 30.9 Å². The summed E-state index contributed by atoms with van der Waals surface area (Å²) in [5.41, 5.74) is 8.58. The molecule has 0 amide bonds. The molecule has 2 N–H and O–H groups in total. The van der Waals surface area contributed by atoms with Crippen molar-refractivity contribution in [3.63, 3.8) is 0 Å². The highest BCUT2D eigenvalue weighted by Crippen LogP contribution is 2.36. The van der Waals surface area contributed by atoms with Gasteiger partial charge in [-0.15, -0.1) is 0 Å². The van der Waals surface area contributed by atoms with E-state index in [1.165, 1.54) is 6.33 Å². The van der Waals surface area contributed by atoms with Gasteiger partial charge < -0.3 is 15.2 Å². The summed E-state index contributed by atoms with van der Waals surface area (Å²) in [6.07, 6.45) is 5.76. The van der Waals surface area contributed by atoms with E-state index in [9.17, 15) is 0 Å². The Morgan fingerprint density at radius 3 is 2.37 bits per heavy atom. The lowest BCUT2D eigenvalue weighted by Gasteiger charge is -2.14. The maximum Gasteiger partial charge on any atom is 0.163 e. The molecule has 0 saturated carbocycles. The molecule has 0 fully saturated rings. The van der Waals surface area contributed by atoms with Gasteiger partial charge in [0, 0.05) is 18.0 Å². The molecule has 100 valence electrons. The largest absolute Gasteiger partial charge is 0.493 e. The number of nitrogens with zero attached hydrogens (tertiary/aromatic N) is 2. The summed E-state index contributed by atoms with van der Waals surface area (Å²) < 4.78 is 10.8. The smallest absolute Gasteiger partial charge is 0.163 e. The van der Waals surface area contributed by atoms with Gasteiger partial charge in [0.15, 0.2) is 11.5 Å². The first-order chi connectivity index (χ1) is 9.30. The van der Waals surface area contributed by atoms with Crippen molar-refractivity contribution in [2.24, 2.45) is 5.73 Å². The molecular weight excluding hydrogens is 242 g/mol. The summed E-state index contributed by atoms with van der Waals surface area (Å²) in [5, 5.41) is 0. The second-order valence-corrected chi connectivity index (χ2v) is 4.04. The second-order valence-electron chi connectivity index (χ2n) is 4.04. The Hall–Kier alpha value is -2.14. The summed E-state index contributed by atoms with van der Waals surface area (Å²) >= 11 is 0. The van der Waals surface area contributed by atoms with Crippen molar-refractivity contribution in [2.45, 2.75) is 6.42 Å². The third-order valence-electron chi connectivity index (χ3n) is 2.86. The van der Waals surface area contributed by atoms with E-state index < -0.39 is 0 Å². The number of hydrogen-bond acceptors (Lipinski definition) is 5. The molecule has 1 aromatic carbocycles. The van der Waals surface area contributed by atoms with Crippen molar-refractivity contribution in [3.05, 3.63) is 36.4 Å². The lowest BCUT2D eigenvalue weighted by molar-refractivity contribution is 0.352. The molecule has 0 unspecified atom stereocenters. The van der Waals surface area contributed by atoms with E-state index in [4.69, 9.17) is 15.2 Å². The van der Waals surface area contributed by atoms with Crippen LogP contribution in [0, 0.1) is 0 Å². The van der Waals surface area contributed by atoms with Gasteiger partial charge in [0.05, 0.1) is 14.2 Å². The van der Waals surface area contributed by atoms with Crippen LogP contribution in [0.3, 0.4) is 0 Å². The van der Waals surface area contributed by atoms with Gasteiger partial charge in [0.1, 0.15) is 6.33 Å². The van der Waals surface area contributed by atoms with Gasteiger partial charge in [-0.3, -0.25) is 0 Å². The summed E-state index contributed by atoms with van der Waals surface area (Å²) in [7, 11) is 3.25. The SMILES string of the molecule is COc1cc(-c2cncnc2)cc(CCN)c1OC. The highest BCUT2D eigenvalue weighted by molar-refractivity contribution is 5.68. The maximum atomic E-state index is 5.64. The van der Waals surface area contributed by atoms with E-state index in [1.807, 2.05) is 12.1 Å². The van der Waals surface area contributed by atoms with Crippen LogP contribution in [0.25, 0.3) is 11.1 Å². The number of nitrogens with two attached hydrogens (primary N) is 1. The molecule has 2 rings (SSSR count). The highest BCUT2D eigenvalue weighted by Gasteiger charge is 2.13. The lowest BCUT2D eigenvalue weighted by Crippen LogP contribution is -2.05. The molecule has 0 atom stereocenters. The van der Waals surface area contributed by atoms with Crippen LogP contribution in [0.1, 0.15) is 5.56 Å². The fourth-order valence-electron chi connectivity index (χ4n) is 2.00. The molecule has 2 aromatic rings. The van der Waals surface area contributed by atoms with Crippen LogP contribution >= 0.6 is 0 Å². The molecule has 5 nitrogen and oxygen atoms in total. The monoisotopic (exact) mass is 259 g/mol. The van der Waals surface area contributed by atoms with E-state index >= 15 is 0 Å². The van der Waals surface area contributed by atoms with Gasteiger partial charge in [-0.1, -0.05) is 0 Å². The van der Waals surface area contributed by atoms with Gasteiger partial charge in [0.2, 0.25) is 0 Å². The Labute approximate surface area is 112 Å². The van der Waals surface area contributed by atoms with Crippen LogP contribution in [0.2, 0.25) is 0 Å². The fraction of sp³-hybridized carbons (Fsp3) is 0.286. The summed E-state index contributed by atoms with van der Waals surface area (Å²) in [6.45, 7) is 0.550. The Balaban J connectivity index is 2.54. The maximum absolute atomic E-state index is 5.64. The zero-order valence-electron chi connectivity index (χ0n) is 11.1. The number of hydrogen-bond donors (Lipinski definition) is 1. The highest BCUT2D eigenvalue weighted by atomic mass is 16.5. The Morgan fingerprint density at radius 2 is 1.79 bits per heavy atom. The van der Waals surface area contributed by atoms with Crippen molar-refractivity contribution in [1.82, 2.24) is 9.97 Å². The van der Waals surface area contributed by atoms with E-state index in [0.29, 0.717) is 12.3 Å². The fourth-order valence-corrected chi connectivity index (χ4v) is 2.00. The minimum atomic E-state index is 0.550. The number of ether oxygens (including phenoxy) is 2. The van der Waals surface area contributed by atoms with E-state index in [-0.39, 0.29) is 0 Å². The molecule has 0 bridgehead atoms. The molecular formula is C14H17N3O2. The Morgan fingerprint density at radius 1 is 1.05 bits per heavy atom. The molecule has 19 heavy (non-hydrogen) atoms. The second kappa shape index (κ2) is 6.15. The van der Waals surface area contributed by atoms with Gasteiger partial charge >= 0.3 is 0 Å². The summed E-state index contributed by atoms with van der Waals surface area (Å²) in [6, 6.07) is 3.95. The molecule has 0 aliphatic heterocycles. The molecule has 1 heterocycles. The van der Waals surface area contributed by atoms with Crippen molar-refractivity contribution in [2.75, 3.05) is 20.8 Å². The first kappa shape index (κ1) is 13.3. The van der Waals surface area contributed by atoms with Crippen molar-refractivity contribution in [1.29, 1.82) is 0 Å². The van der Waals surface area contributed by atoms with Crippen LogP contribution in [0.5, 0.6) is 11.5 Å². The van der Waals surface area contributed by atoms with Gasteiger partial charge in [-0.25, -0.2) is 9.97 Å². The third kappa shape index (κ3) is 2.82. The van der Waals surface area contributed by atoms with E-state index in [0.717, 1.165) is 28.9 Å². The third-order valence-corrected chi connectivity index (χ3v) is 2.86. The zero-order valence-corrected chi connectivity index (χ0v) is 11.1. The van der Waals surface area contributed by atoms with Crippen molar-refractivity contribution in [3.8, 4) is 22.6 Å². The minimum Gasteiger partial charge on any atom is -0.493 e. The first-order valence-electron chi connectivity index (χ1n) is 6.00. The van der Waals surface area contributed by atoms with Gasteiger partial charge in [0.25, 0.3) is 0 Å². The minimum absolute atomic E-state index is 0.550. The van der Waals surface area contributed by atoms with Crippen molar-refractivity contribution >= 4 is 0 Å². The van der Waals surface area contributed by atoms with Crippen LogP contribution < -0.4 is 15.2 Å². The molecule has 0 spiro atoms. The Bertz CT molecular complexity index is 544. The molecule has 0 aliphatic carbocycles. The number of benzene rings is 1. The van der Waals surface area contributed by atoms with Gasteiger partial charge in [-0.05, 0) is 36.2 Å². The molecule has 0 saturated heterocycles. The molecule has 5 heteroatoms. The first-order valence-corrected chi connectivity index (χ1v) is 6.00. The predicted molar refractivity (Wildman–Crippen MR) is 73.3 cm³/mol. The average Bonchev–Trinajstić information content (AvgIpc) is 2.47. The van der Waals surface area contributed by atoms with Crippen LogP contribution in [-0.2, 0) is 6.42 Å².